The Balaban J connectivity index is 1.83. The highest BCUT2D eigenvalue weighted by Crippen LogP contribution is 2.20. The Morgan fingerprint density at radius 2 is 1.95 bits per heavy atom. The van der Waals surface area contributed by atoms with Crippen molar-refractivity contribution in [3.05, 3.63) is 32.6 Å². The summed E-state index contributed by atoms with van der Waals surface area (Å²) < 4.78 is 0. The van der Waals surface area contributed by atoms with Crippen molar-refractivity contribution in [3.8, 4) is 0 Å². The highest BCUT2D eigenvalue weighted by atomic mass is 16.2. The molecule has 7 nitrogen and oxygen atoms in total. The largest absolute Gasteiger partial charge is 0.336 e. The van der Waals surface area contributed by atoms with Crippen molar-refractivity contribution in [2.75, 3.05) is 13.1 Å². The van der Waals surface area contributed by atoms with Gasteiger partial charge in [0.15, 0.2) is 0 Å². The summed E-state index contributed by atoms with van der Waals surface area (Å²) in [7, 11) is 0. The number of nitrogens with one attached hydrogen (secondary N) is 3. The Morgan fingerprint density at radius 1 is 1.16 bits per heavy atom. The van der Waals surface area contributed by atoms with Crippen LogP contribution in [-0.4, -0.2) is 45.9 Å². The van der Waals surface area contributed by atoms with Crippen LogP contribution in [0.25, 0.3) is 0 Å². The minimum Gasteiger partial charge on any atom is -0.336 e. The second-order valence-corrected chi connectivity index (χ2v) is 5.18. The zero-order valence-corrected chi connectivity index (χ0v) is 10.4. The van der Waals surface area contributed by atoms with Gasteiger partial charge in [-0.1, -0.05) is 0 Å². The van der Waals surface area contributed by atoms with Crippen LogP contribution in [-0.2, 0) is 0 Å². The molecule has 19 heavy (non-hydrogen) atoms. The van der Waals surface area contributed by atoms with E-state index in [1.807, 2.05) is 0 Å². The Kier molecular flexibility index (Phi) is 2.98. The van der Waals surface area contributed by atoms with Gasteiger partial charge in [-0.15, -0.1) is 0 Å². The van der Waals surface area contributed by atoms with Gasteiger partial charge in [0.2, 0.25) is 0 Å². The summed E-state index contributed by atoms with van der Waals surface area (Å²) in [6.45, 7) is 1.28. The van der Waals surface area contributed by atoms with Crippen molar-refractivity contribution in [3.63, 3.8) is 0 Å². The number of fused-ring (bicyclic) bond motifs is 2. The summed E-state index contributed by atoms with van der Waals surface area (Å²) in [6, 6.07) is 1.95. The van der Waals surface area contributed by atoms with Gasteiger partial charge in [0.05, 0.1) is 0 Å². The maximum atomic E-state index is 12.3. The molecule has 0 saturated carbocycles. The molecule has 102 valence electrons. The molecule has 1 aromatic heterocycles. The summed E-state index contributed by atoms with van der Waals surface area (Å²) in [4.78, 5) is 40.9. The molecule has 2 fully saturated rings. The van der Waals surface area contributed by atoms with E-state index in [0.717, 1.165) is 25.3 Å². The van der Waals surface area contributed by atoms with E-state index >= 15 is 0 Å². The van der Waals surface area contributed by atoms with Gasteiger partial charge < -0.3 is 15.2 Å². The Labute approximate surface area is 109 Å². The summed E-state index contributed by atoms with van der Waals surface area (Å²) in [5.74, 6) is -0.280. The van der Waals surface area contributed by atoms with Gasteiger partial charge in [-0.25, -0.2) is 4.79 Å². The van der Waals surface area contributed by atoms with Gasteiger partial charge >= 0.3 is 5.69 Å². The number of likely N-dealkylation sites (tertiary alicyclic amines) is 1. The van der Waals surface area contributed by atoms with Crippen LogP contribution in [0.5, 0.6) is 0 Å². The Bertz CT molecular complexity index is 577. The number of rotatable bonds is 1. The van der Waals surface area contributed by atoms with Crippen LogP contribution in [0.4, 0.5) is 0 Å². The van der Waals surface area contributed by atoms with Gasteiger partial charge in [0, 0.05) is 31.2 Å². The number of hydrogen-bond donors (Lipinski definition) is 3. The number of H-pyrrole nitrogens is 2. The molecule has 0 aliphatic carbocycles. The molecular formula is C12H16N4O3. The van der Waals surface area contributed by atoms with E-state index in [-0.39, 0.29) is 11.6 Å². The molecule has 0 aromatic carbocycles. The monoisotopic (exact) mass is 264 g/mol. The molecule has 2 saturated heterocycles. The zero-order valence-electron chi connectivity index (χ0n) is 10.4. The average molecular weight is 264 g/mol. The first kappa shape index (κ1) is 12.2. The fourth-order valence-corrected chi connectivity index (χ4v) is 2.88. The van der Waals surface area contributed by atoms with Crippen molar-refractivity contribution in [1.82, 2.24) is 20.2 Å². The van der Waals surface area contributed by atoms with Gasteiger partial charge in [-0.05, 0) is 19.3 Å². The quantitative estimate of drug-likeness (QED) is 0.608. The van der Waals surface area contributed by atoms with E-state index in [1.165, 1.54) is 0 Å². The minimum absolute atomic E-state index is 0.0616. The summed E-state index contributed by atoms with van der Waals surface area (Å²) >= 11 is 0. The van der Waals surface area contributed by atoms with Crippen LogP contribution in [0, 0.1) is 0 Å². The second kappa shape index (κ2) is 4.65. The van der Waals surface area contributed by atoms with Crippen molar-refractivity contribution in [2.24, 2.45) is 0 Å². The number of carbonyl (C=O) groups is 1. The lowest BCUT2D eigenvalue weighted by Crippen LogP contribution is -2.40. The van der Waals surface area contributed by atoms with E-state index in [2.05, 4.69) is 15.3 Å². The average Bonchev–Trinajstić information content (AvgIpc) is 2.67. The fourth-order valence-electron chi connectivity index (χ4n) is 2.88. The van der Waals surface area contributed by atoms with Gasteiger partial charge in [-0.2, -0.15) is 0 Å². The Hall–Kier alpha value is -1.89. The molecule has 0 radical (unpaired) electrons. The normalized spacial score (nSPS) is 26.2. The number of amides is 1. The predicted octanol–water partition coefficient (Wildman–Crippen LogP) is -0.970. The third-order valence-electron chi connectivity index (χ3n) is 3.80. The van der Waals surface area contributed by atoms with Gasteiger partial charge in [0.25, 0.3) is 11.5 Å². The molecule has 7 heteroatoms. The van der Waals surface area contributed by atoms with Crippen LogP contribution >= 0.6 is 0 Å². The van der Waals surface area contributed by atoms with E-state index in [9.17, 15) is 14.4 Å². The lowest BCUT2D eigenvalue weighted by molar-refractivity contribution is 0.0741. The third kappa shape index (κ3) is 2.46. The molecular weight excluding hydrogens is 248 g/mol. The second-order valence-electron chi connectivity index (χ2n) is 5.18. The molecule has 2 atom stereocenters. The first-order chi connectivity index (χ1) is 9.11. The van der Waals surface area contributed by atoms with Crippen LogP contribution in [0.1, 0.15) is 29.8 Å². The van der Waals surface area contributed by atoms with Crippen molar-refractivity contribution in [2.45, 2.75) is 31.3 Å². The smallest absolute Gasteiger partial charge is 0.326 e. The van der Waals surface area contributed by atoms with Crippen LogP contribution in [0.2, 0.25) is 0 Å². The number of hydrogen-bond acceptors (Lipinski definition) is 4. The molecule has 0 spiro atoms. The van der Waals surface area contributed by atoms with Crippen LogP contribution < -0.4 is 16.6 Å². The number of aromatic nitrogens is 2. The lowest BCUT2D eigenvalue weighted by Gasteiger charge is -2.23. The van der Waals surface area contributed by atoms with E-state index in [1.54, 1.807) is 4.90 Å². The standard InChI is InChI=1S/C12H16N4O3/c17-10-5-9(14-12(19)15-10)11(18)16-4-3-7-1-2-8(6-16)13-7/h5,7-8,13H,1-4,6H2,(H2,14,15,17,19). The topological polar surface area (TPSA) is 98.1 Å². The van der Waals surface area contributed by atoms with Crippen LogP contribution in [0.3, 0.4) is 0 Å². The third-order valence-corrected chi connectivity index (χ3v) is 3.80. The molecule has 2 unspecified atom stereocenters. The van der Waals surface area contributed by atoms with E-state index in [4.69, 9.17) is 0 Å². The summed E-state index contributed by atoms with van der Waals surface area (Å²) in [5.41, 5.74) is -1.14. The zero-order chi connectivity index (χ0) is 13.4. The molecule has 3 N–H and O–H groups in total. The van der Waals surface area contributed by atoms with Gasteiger partial charge in [-0.3, -0.25) is 14.6 Å². The molecule has 3 rings (SSSR count). The molecule has 1 amide bonds. The molecule has 3 heterocycles. The first-order valence-corrected chi connectivity index (χ1v) is 6.51. The minimum atomic E-state index is -0.648. The van der Waals surface area contributed by atoms with Crippen molar-refractivity contribution < 1.29 is 4.79 Å². The van der Waals surface area contributed by atoms with Crippen molar-refractivity contribution in [1.29, 1.82) is 0 Å². The van der Waals surface area contributed by atoms with E-state index < -0.39 is 11.2 Å². The molecule has 2 aliphatic heterocycles. The molecule has 1 aromatic rings. The number of nitrogens with zero attached hydrogens (tertiary/aromatic N) is 1. The summed E-state index contributed by atoms with van der Waals surface area (Å²) in [5, 5.41) is 3.48. The molecule has 2 bridgehead atoms. The highest BCUT2D eigenvalue weighted by molar-refractivity contribution is 5.92. The first-order valence-electron chi connectivity index (χ1n) is 6.51. The van der Waals surface area contributed by atoms with Crippen LogP contribution in [0.15, 0.2) is 15.7 Å². The van der Waals surface area contributed by atoms with Crippen molar-refractivity contribution >= 4 is 5.91 Å². The SMILES string of the molecule is O=C(c1cc(=O)[nH]c(=O)[nH]1)N1CCC2CCC(C1)N2. The fraction of sp³-hybridized carbons (Fsp3) is 0.583. The number of aromatic amines is 2. The number of carbonyl (C=O) groups excluding carboxylic acids is 1. The Morgan fingerprint density at radius 3 is 2.74 bits per heavy atom. The highest BCUT2D eigenvalue weighted by Gasteiger charge is 2.31. The van der Waals surface area contributed by atoms with Gasteiger partial charge in [0.1, 0.15) is 5.69 Å². The maximum absolute atomic E-state index is 12.3. The maximum Gasteiger partial charge on any atom is 0.326 e. The van der Waals surface area contributed by atoms with E-state index in [0.29, 0.717) is 25.2 Å². The summed E-state index contributed by atoms with van der Waals surface area (Å²) in [6.07, 6.45) is 3.14. The molecule has 2 aliphatic rings. The predicted molar refractivity (Wildman–Crippen MR) is 68.1 cm³/mol. The lowest BCUT2D eigenvalue weighted by atomic mass is 10.1.